The number of hydrogen-bond donors (Lipinski definition) is 5. The van der Waals surface area contributed by atoms with Crippen molar-refractivity contribution < 1.29 is 29.4 Å². The van der Waals surface area contributed by atoms with Gasteiger partial charge in [-0.1, -0.05) is 70.6 Å². The quantitative estimate of drug-likeness (QED) is 0.112. The highest BCUT2D eigenvalue weighted by atomic mass is 16.4. The van der Waals surface area contributed by atoms with Gasteiger partial charge in [-0.05, 0) is 39.0 Å². The van der Waals surface area contributed by atoms with E-state index >= 15 is 0 Å². The number of carboxylic acids is 2. The van der Waals surface area contributed by atoms with Gasteiger partial charge in [0.15, 0.2) is 0 Å². The molecule has 0 aromatic carbocycles. The highest BCUT2D eigenvalue weighted by Crippen LogP contribution is 2.13. The van der Waals surface area contributed by atoms with Gasteiger partial charge in [0.25, 0.3) is 0 Å². The van der Waals surface area contributed by atoms with Crippen LogP contribution in [0.3, 0.4) is 0 Å². The molecule has 0 aliphatic carbocycles. The van der Waals surface area contributed by atoms with Crippen LogP contribution in [0.2, 0.25) is 0 Å². The largest absolute Gasteiger partial charge is 0.481 e. The molecule has 36 heavy (non-hydrogen) atoms. The predicted octanol–water partition coefficient (Wildman–Crippen LogP) is 4.52. The summed E-state index contributed by atoms with van der Waals surface area (Å²) < 4.78 is 0. The molecule has 0 aromatic heterocycles. The topological polar surface area (TPSA) is 159 Å². The Labute approximate surface area is 217 Å². The zero-order valence-corrected chi connectivity index (χ0v) is 22.4. The van der Waals surface area contributed by atoms with Crippen molar-refractivity contribution in [1.82, 2.24) is 10.6 Å². The van der Waals surface area contributed by atoms with Gasteiger partial charge in [-0.3, -0.25) is 14.4 Å². The second-order valence-electron chi connectivity index (χ2n) is 9.96. The first kappa shape index (κ1) is 33.8. The molecule has 0 rings (SSSR count). The third-order valence-electron chi connectivity index (χ3n) is 6.25. The van der Waals surface area contributed by atoms with Crippen LogP contribution in [0.1, 0.15) is 129 Å². The Hall–Kier alpha value is -2.16. The molecule has 0 spiro atoms. The maximum Gasteiger partial charge on any atom is 0.326 e. The molecule has 0 saturated carbocycles. The van der Waals surface area contributed by atoms with Crippen LogP contribution >= 0.6 is 0 Å². The average Bonchev–Trinajstić information content (AvgIpc) is 2.81. The standard InChI is InChI=1S/C27H51N3O6/c1-22(28)16-14-15-21-29-24(31)20-19-23(27(35)36)30-25(32)17-12-10-8-6-4-2-3-5-7-9-11-13-18-26(33)34/h22-23H,2-21,28H2,1H3,(H,29,31)(H,30,32)(H,33,34)(H,35,36). The molecule has 2 unspecified atom stereocenters. The Morgan fingerprint density at radius 1 is 0.639 bits per heavy atom. The van der Waals surface area contributed by atoms with Crippen LogP contribution in [-0.2, 0) is 19.2 Å². The van der Waals surface area contributed by atoms with Crippen molar-refractivity contribution in [2.45, 2.75) is 141 Å². The minimum absolute atomic E-state index is 0.0647. The number of unbranched alkanes of at least 4 members (excludes halogenated alkanes) is 12. The molecule has 9 nitrogen and oxygen atoms in total. The van der Waals surface area contributed by atoms with Gasteiger partial charge in [0.2, 0.25) is 11.8 Å². The van der Waals surface area contributed by atoms with Gasteiger partial charge in [-0.2, -0.15) is 0 Å². The second-order valence-corrected chi connectivity index (χ2v) is 9.96. The normalized spacial score (nSPS) is 12.6. The monoisotopic (exact) mass is 513 g/mol. The smallest absolute Gasteiger partial charge is 0.326 e. The van der Waals surface area contributed by atoms with Crippen molar-refractivity contribution in [3.63, 3.8) is 0 Å². The summed E-state index contributed by atoms with van der Waals surface area (Å²) in [5, 5.41) is 23.3. The van der Waals surface area contributed by atoms with E-state index in [1.807, 2.05) is 6.92 Å². The lowest BCUT2D eigenvalue weighted by Gasteiger charge is -2.14. The lowest BCUT2D eigenvalue weighted by molar-refractivity contribution is -0.142. The summed E-state index contributed by atoms with van der Waals surface area (Å²) in [4.78, 5) is 45.9. The second kappa shape index (κ2) is 23.3. The third kappa shape index (κ3) is 23.6. The zero-order chi connectivity index (χ0) is 27.0. The summed E-state index contributed by atoms with van der Waals surface area (Å²) in [5.41, 5.74) is 5.69. The summed E-state index contributed by atoms with van der Waals surface area (Å²) in [7, 11) is 0. The highest BCUT2D eigenvalue weighted by Gasteiger charge is 2.20. The molecule has 0 aliphatic rings. The van der Waals surface area contributed by atoms with Gasteiger partial charge in [0.05, 0.1) is 0 Å². The maximum absolute atomic E-state index is 12.1. The van der Waals surface area contributed by atoms with Crippen LogP contribution in [-0.4, -0.2) is 52.6 Å². The molecule has 6 N–H and O–H groups in total. The summed E-state index contributed by atoms with van der Waals surface area (Å²) in [5.74, 6) is -2.31. The lowest BCUT2D eigenvalue weighted by atomic mass is 10.0. The molecular weight excluding hydrogens is 462 g/mol. The molecule has 0 heterocycles. The molecule has 210 valence electrons. The molecular formula is C27H51N3O6. The highest BCUT2D eigenvalue weighted by molar-refractivity contribution is 5.84. The van der Waals surface area contributed by atoms with E-state index in [4.69, 9.17) is 10.8 Å². The number of carboxylic acid groups (broad SMARTS) is 2. The molecule has 0 fully saturated rings. The first-order valence-electron chi connectivity index (χ1n) is 14.0. The Morgan fingerprint density at radius 3 is 1.61 bits per heavy atom. The van der Waals surface area contributed by atoms with E-state index in [1.54, 1.807) is 0 Å². The number of amides is 2. The SMILES string of the molecule is CC(N)CCCCNC(=O)CCC(NC(=O)CCCCCCCCCCCCCCC(=O)O)C(=O)O. The summed E-state index contributed by atoms with van der Waals surface area (Å²) >= 11 is 0. The van der Waals surface area contributed by atoms with E-state index in [-0.39, 0.29) is 37.1 Å². The van der Waals surface area contributed by atoms with E-state index in [0.717, 1.165) is 64.2 Å². The van der Waals surface area contributed by atoms with Crippen LogP contribution in [0.5, 0.6) is 0 Å². The molecule has 0 saturated heterocycles. The number of carbonyl (C=O) groups excluding carboxylic acids is 2. The van der Waals surface area contributed by atoms with E-state index in [9.17, 15) is 24.3 Å². The van der Waals surface area contributed by atoms with Crippen molar-refractivity contribution in [3.8, 4) is 0 Å². The Kier molecular flexibility index (Phi) is 21.9. The Balaban J connectivity index is 3.69. The van der Waals surface area contributed by atoms with Crippen LogP contribution < -0.4 is 16.4 Å². The average molecular weight is 514 g/mol. The van der Waals surface area contributed by atoms with Gasteiger partial charge < -0.3 is 26.6 Å². The Bertz CT molecular complexity index is 612. The molecule has 0 aliphatic heterocycles. The molecule has 0 bridgehead atoms. The van der Waals surface area contributed by atoms with Crippen molar-refractivity contribution in [1.29, 1.82) is 0 Å². The van der Waals surface area contributed by atoms with Crippen molar-refractivity contribution >= 4 is 23.8 Å². The van der Waals surface area contributed by atoms with Gasteiger partial charge in [-0.15, -0.1) is 0 Å². The number of nitrogens with two attached hydrogens (primary N) is 1. The summed E-state index contributed by atoms with van der Waals surface area (Å²) in [6, 6.07) is -0.893. The first-order valence-corrected chi connectivity index (χ1v) is 14.0. The fourth-order valence-electron chi connectivity index (χ4n) is 4.04. The molecule has 0 aromatic rings. The molecule has 2 amide bonds. The number of carbonyl (C=O) groups is 4. The molecule has 9 heteroatoms. The van der Waals surface area contributed by atoms with E-state index in [2.05, 4.69) is 10.6 Å². The van der Waals surface area contributed by atoms with Gasteiger partial charge in [0.1, 0.15) is 6.04 Å². The summed E-state index contributed by atoms with van der Waals surface area (Å²) in [6.45, 7) is 2.49. The van der Waals surface area contributed by atoms with Crippen LogP contribution in [0, 0.1) is 0 Å². The van der Waals surface area contributed by atoms with Crippen molar-refractivity contribution in [2.75, 3.05) is 6.54 Å². The number of aliphatic carboxylic acids is 2. The van der Waals surface area contributed by atoms with E-state index in [1.165, 1.54) is 32.1 Å². The lowest BCUT2D eigenvalue weighted by Crippen LogP contribution is -2.41. The van der Waals surface area contributed by atoms with Crippen molar-refractivity contribution in [3.05, 3.63) is 0 Å². The predicted molar refractivity (Wildman–Crippen MR) is 142 cm³/mol. The maximum atomic E-state index is 12.1. The van der Waals surface area contributed by atoms with E-state index < -0.39 is 18.0 Å². The first-order chi connectivity index (χ1) is 17.2. The minimum Gasteiger partial charge on any atom is -0.481 e. The van der Waals surface area contributed by atoms with Crippen LogP contribution in [0.25, 0.3) is 0 Å². The van der Waals surface area contributed by atoms with Gasteiger partial charge in [-0.25, -0.2) is 4.79 Å². The fraction of sp³-hybridized carbons (Fsp3) is 0.852. The summed E-state index contributed by atoms with van der Waals surface area (Å²) in [6.07, 6.45) is 16.1. The number of hydrogen-bond acceptors (Lipinski definition) is 5. The minimum atomic E-state index is -1.12. The zero-order valence-electron chi connectivity index (χ0n) is 22.4. The molecule has 2 atom stereocenters. The van der Waals surface area contributed by atoms with Crippen molar-refractivity contribution in [2.24, 2.45) is 5.73 Å². The number of rotatable bonds is 25. The number of nitrogens with one attached hydrogen (secondary N) is 2. The van der Waals surface area contributed by atoms with Crippen LogP contribution in [0.15, 0.2) is 0 Å². The fourth-order valence-corrected chi connectivity index (χ4v) is 4.04. The van der Waals surface area contributed by atoms with Gasteiger partial charge in [0, 0.05) is 31.8 Å². The van der Waals surface area contributed by atoms with E-state index in [0.29, 0.717) is 13.0 Å². The Morgan fingerprint density at radius 2 is 1.14 bits per heavy atom. The third-order valence-corrected chi connectivity index (χ3v) is 6.25. The molecule has 0 radical (unpaired) electrons. The van der Waals surface area contributed by atoms with Crippen LogP contribution in [0.4, 0.5) is 0 Å². The van der Waals surface area contributed by atoms with Gasteiger partial charge >= 0.3 is 11.9 Å².